The molecule has 1 aromatic carbocycles. The zero-order chi connectivity index (χ0) is 18.6. The summed E-state index contributed by atoms with van der Waals surface area (Å²) < 4.78 is 16.4. The van der Waals surface area contributed by atoms with Gasteiger partial charge in [-0.25, -0.2) is 0 Å². The normalized spacial score (nSPS) is 19.4. The first-order valence-corrected chi connectivity index (χ1v) is 9.63. The van der Waals surface area contributed by atoms with E-state index in [1.165, 1.54) is 12.8 Å². The van der Waals surface area contributed by atoms with E-state index in [1.54, 1.807) is 7.11 Å². The molecule has 0 unspecified atom stereocenters. The maximum Gasteiger partial charge on any atom is 0.229 e. The number of ether oxygens (including phenoxy) is 2. The van der Waals surface area contributed by atoms with Crippen LogP contribution in [-0.4, -0.2) is 36.3 Å². The zero-order valence-electron chi connectivity index (χ0n) is 15.6. The highest BCUT2D eigenvalue weighted by atomic mass is 16.5. The lowest BCUT2D eigenvalue weighted by Crippen LogP contribution is -2.38. The molecule has 1 N–H and O–H groups in total. The maximum atomic E-state index is 12.5. The van der Waals surface area contributed by atoms with Crippen LogP contribution >= 0.6 is 0 Å². The summed E-state index contributed by atoms with van der Waals surface area (Å²) in [5.74, 6) is 3.20. The fourth-order valence-corrected chi connectivity index (χ4v) is 3.82. The molecule has 2 aliphatic rings. The Morgan fingerprint density at radius 3 is 3.00 bits per heavy atom. The SMILES string of the molecule is COc1ccc2c(c1)C[C@@H](C(=O)NCCc1noc(C3CCCC3)n1)CO2. The molecule has 1 aliphatic heterocycles. The molecule has 7 heteroatoms. The number of methoxy groups -OCH3 is 1. The second-order valence-corrected chi connectivity index (χ2v) is 7.26. The smallest absolute Gasteiger partial charge is 0.229 e. The summed E-state index contributed by atoms with van der Waals surface area (Å²) in [5, 5.41) is 7.01. The molecule has 0 bridgehead atoms. The van der Waals surface area contributed by atoms with E-state index in [4.69, 9.17) is 14.0 Å². The Labute approximate surface area is 158 Å². The van der Waals surface area contributed by atoms with Gasteiger partial charge in [-0.05, 0) is 43.0 Å². The van der Waals surface area contributed by atoms with Crippen molar-refractivity contribution in [3.05, 3.63) is 35.5 Å². The van der Waals surface area contributed by atoms with Gasteiger partial charge in [-0.3, -0.25) is 4.79 Å². The number of fused-ring (bicyclic) bond motifs is 1. The monoisotopic (exact) mass is 371 g/mol. The van der Waals surface area contributed by atoms with Crippen LogP contribution in [0.2, 0.25) is 0 Å². The summed E-state index contributed by atoms with van der Waals surface area (Å²) in [6.07, 6.45) is 5.94. The van der Waals surface area contributed by atoms with Crippen molar-refractivity contribution in [1.82, 2.24) is 15.5 Å². The molecule has 1 aliphatic carbocycles. The van der Waals surface area contributed by atoms with Crippen LogP contribution in [0.4, 0.5) is 0 Å². The minimum atomic E-state index is -0.205. The lowest BCUT2D eigenvalue weighted by molar-refractivity contribution is -0.126. The van der Waals surface area contributed by atoms with Crippen LogP contribution in [0.15, 0.2) is 22.7 Å². The van der Waals surface area contributed by atoms with Crippen LogP contribution in [0, 0.1) is 5.92 Å². The van der Waals surface area contributed by atoms with E-state index in [0.717, 1.165) is 35.8 Å². The fourth-order valence-electron chi connectivity index (χ4n) is 3.82. The van der Waals surface area contributed by atoms with Crippen molar-refractivity contribution in [2.45, 2.75) is 44.4 Å². The van der Waals surface area contributed by atoms with Gasteiger partial charge in [-0.1, -0.05) is 18.0 Å². The first-order valence-electron chi connectivity index (χ1n) is 9.63. The number of nitrogens with one attached hydrogen (secondary N) is 1. The van der Waals surface area contributed by atoms with Crippen molar-refractivity contribution in [2.24, 2.45) is 5.92 Å². The van der Waals surface area contributed by atoms with Gasteiger partial charge in [0.15, 0.2) is 5.82 Å². The predicted molar refractivity (Wildman–Crippen MR) is 97.9 cm³/mol. The second-order valence-electron chi connectivity index (χ2n) is 7.26. The van der Waals surface area contributed by atoms with Gasteiger partial charge in [-0.2, -0.15) is 4.98 Å². The maximum absolute atomic E-state index is 12.5. The summed E-state index contributed by atoms with van der Waals surface area (Å²) in [5.41, 5.74) is 1.00. The van der Waals surface area contributed by atoms with E-state index < -0.39 is 0 Å². The van der Waals surface area contributed by atoms with E-state index in [-0.39, 0.29) is 11.8 Å². The Balaban J connectivity index is 1.27. The molecular weight excluding hydrogens is 346 g/mol. The van der Waals surface area contributed by atoms with Gasteiger partial charge in [-0.15, -0.1) is 0 Å². The Hall–Kier alpha value is -2.57. The molecule has 0 radical (unpaired) electrons. The van der Waals surface area contributed by atoms with Gasteiger partial charge in [0.1, 0.15) is 18.1 Å². The van der Waals surface area contributed by atoms with E-state index in [1.807, 2.05) is 18.2 Å². The third-order valence-electron chi connectivity index (χ3n) is 5.38. The van der Waals surface area contributed by atoms with Crippen molar-refractivity contribution in [3.63, 3.8) is 0 Å². The predicted octanol–water partition coefficient (Wildman–Crippen LogP) is 2.65. The summed E-state index contributed by atoms with van der Waals surface area (Å²) in [7, 11) is 1.63. The van der Waals surface area contributed by atoms with Gasteiger partial charge < -0.3 is 19.3 Å². The molecule has 1 fully saturated rings. The van der Waals surface area contributed by atoms with E-state index in [0.29, 0.717) is 37.7 Å². The minimum Gasteiger partial charge on any atom is -0.497 e. The van der Waals surface area contributed by atoms with E-state index >= 15 is 0 Å². The van der Waals surface area contributed by atoms with Gasteiger partial charge in [0, 0.05) is 18.9 Å². The molecule has 7 nitrogen and oxygen atoms in total. The Bertz CT molecular complexity index is 798. The molecule has 0 spiro atoms. The first-order chi connectivity index (χ1) is 13.2. The molecular formula is C20H25N3O4. The molecule has 27 heavy (non-hydrogen) atoms. The number of aromatic nitrogens is 2. The summed E-state index contributed by atoms with van der Waals surface area (Å²) in [6.45, 7) is 0.878. The van der Waals surface area contributed by atoms with Crippen LogP contribution in [0.3, 0.4) is 0 Å². The van der Waals surface area contributed by atoms with Crippen molar-refractivity contribution in [1.29, 1.82) is 0 Å². The number of nitrogens with zero attached hydrogens (tertiary/aromatic N) is 2. The fraction of sp³-hybridized carbons (Fsp3) is 0.550. The summed E-state index contributed by atoms with van der Waals surface area (Å²) in [6, 6.07) is 5.68. The highest BCUT2D eigenvalue weighted by Crippen LogP contribution is 2.33. The summed E-state index contributed by atoms with van der Waals surface area (Å²) in [4.78, 5) is 17.0. The van der Waals surface area contributed by atoms with Crippen LogP contribution < -0.4 is 14.8 Å². The van der Waals surface area contributed by atoms with Crippen molar-refractivity contribution in [3.8, 4) is 11.5 Å². The molecule has 1 aromatic heterocycles. The lowest BCUT2D eigenvalue weighted by Gasteiger charge is -2.24. The number of carbonyl (C=O) groups is 1. The van der Waals surface area contributed by atoms with Crippen molar-refractivity contribution >= 4 is 5.91 Å². The molecule has 4 rings (SSSR count). The number of benzene rings is 1. The second kappa shape index (κ2) is 7.98. The molecule has 144 valence electrons. The molecule has 1 amide bonds. The van der Waals surface area contributed by atoms with Gasteiger partial charge in [0.2, 0.25) is 11.8 Å². The Morgan fingerprint density at radius 1 is 1.33 bits per heavy atom. The molecule has 1 saturated carbocycles. The first kappa shape index (κ1) is 17.8. The van der Waals surface area contributed by atoms with E-state index in [2.05, 4.69) is 15.5 Å². The summed E-state index contributed by atoms with van der Waals surface area (Å²) >= 11 is 0. The highest BCUT2D eigenvalue weighted by Gasteiger charge is 2.26. The van der Waals surface area contributed by atoms with Gasteiger partial charge in [0.25, 0.3) is 0 Å². The average Bonchev–Trinajstić information content (AvgIpc) is 3.38. The number of amides is 1. The minimum absolute atomic E-state index is 0.0111. The van der Waals surface area contributed by atoms with Crippen LogP contribution in [0.1, 0.15) is 48.9 Å². The number of rotatable bonds is 6. The topological polar surface area (TPSA) is 86.5 Å². The largest absolute Gasteiger partial charge is 0.497 e. The van der Waals surface area contributed by atoms with Crippen LogP contribution in [-0.2, 0) is 17.6 Å². The third kappa shape index (κ3) is 4.07. The average molecular weight is 371 g/mol. The Morgan fingerprint density at radius 2 is 2.19 bits per heavy atom. The van der Waals surface area contributed by atoms with Crippen LogP contribution in [0.25, 0.3) is 0 Å². The third-order valence-corrected chi connectivity index (χ3v) is 5.38. The highest BCUT2D eigenvalue weighted by molar-refractivity contribution is 5.79. The van der Waals surface area contributed by atoms with Gasteiger partial charge >= 0.3 is 0 Å². The Kier molecular flexibility index (Phi) is 5.27. The molecule has 2 heterocycles. The quantitative estimate of drug-likeness (QED) is 0.840. The molecule has 2 aromatic rings. The number of hydrogen-bond acceptors (Lipinski definition) is 6. The van der Waals surface area contributed by atoms with Crippen LogP contribution in [0.5, 0.6) is 11.5 Å². The number of hydrogen-bond donors (Lipinski definition) is 1. The van der Waals surface area contributed by atoms with E-state index in [9.17, 15) is 4.79 Å². The molecule has 0 saturated heterocycles. The number of carbonyl (C=O) groups excluding carboxylic acids is 1. The zero-order valence-corrected chi connectivity index (χ0v) is 15.6. The van der Waals surface area contributed by atoms with Crippen molar-refractivity contribution in [2.75, 3.05) is 20.3 Å². The lowest BCUT2D eigenvalue weighted by atomic mass is 9.96. The molecule has 1 atom stereocenters. The van der Waals surface area contributed by atoms with Crippen molar-refractivity contribution < 1.29 is 18.8 Å². The van der Waals surface area contributed by atoms with Gasteiger partial charge in [0.05, 0.1) is 13.0 Å². The standard InChI is InChI=1S/C20H25N3O4/c1-25-16-6-7-17-14(11-16)10-15(12-26-17)19(24)21-9-8-18-22-20(27-23-18)13-4-2-3-5-13/h6-7,11,13,15H,2-5,8-10,12H2,1H3,(H,21,24)/t15-/m1/s1.